The van der Waals surface area contributed by atoms with Gasteiger partial charge in [-0.3, -0.25) is 0 Å². The van der Waals surface area contributed by atoms with E-state index in [1.54, 1.807) is 30.3 Å². The SMILES string of the molecule is O=C(ON1CC[C@H](O)[C@@H](F)C1)c1ccccc1. The highest BCUT2D eigenvalue weighted by Gasteiger charge is 2.29. The molecule has 0 amide bonds. The lowest BCUT2D eigenvalue weighted by atomic mass is 10.1. The first-order valence-electron chi connectivity index (χ1n) is 5.51. The summed E-state index contributed by atoms with van der Waals surface area (Å²) in [5.41, 5.74) is 0.425. The molecule has 1 aromatic carbocycles. The van der Waals surface area contributed by atoms with Crippen molar-refractivity contribution in [1.82, 2.24) is 5.06 Å². The summed E-state index contributed by atoms with van der Waals surface area (Å²) in [6, 6.07) is 8.52. The van der Waals surface area contributed by atoms with Gasteiger partial charge in [-0.25, -0.2) is 9.18 Å². The molecular formula is C12H14FNO3. The molecule has 2 rings (SSSR count). The molecule has 1 fully saturated rings. The van der Waals surface area contributed by atoms with Crippen molar-refractivity contribution in [3.63, 3.8) is 0 Å². The van der Waals surface area contributed by atoms with Crippen molar-refractivity contribution in [2.45, 2.75) is 18.7 Å². The number of nitrogens with zero attached hydrogens (tertiary/aromatic N) is 1. The summed E-state index contributed by atoms with van der Waals surface area (Å²) in [6.07, 6.45) is -2.06. The Morgan fingerprint density at radius 2 is 2.12 bits per heavy atom. The smallest absolute Gasteiger partial charge is 0.357 e. The van der Waals surface area contributed by atoms with Crippen LogP contribution in [0.15, 0.2) is 30.3 Å². The van der Waals surface area contributed by atoms with Crippen LogP contribution in [0, 0.1) is 0 Å². The number of benzene rings is 1. The van der Waals surface area contributed by atoms with Gasteiger partial charge < -0.3 is 9.94 Å². The van der Waals surface area contributed by atoms with Crippen molar-refractivity contribution < 1.29 is 19.1 Å². The van der Waals surface area contributed by atoms with Crippen LogP contribution < -0.4 is 0 Å². The molecule has 92 valence electrons. The average molecular weight is 239 g/mol. The predicted molar refractivity (Wildman–Crippen MR) is 59.0 cm³/mol. The average Bonchev–Trinajstić information content (AvgIpc) is 2.35. The topological polar surface area (TPSA) is 49.8 Å². The summed E-state index contributed by atoms with van der Waals surface area (Å²) < 4.78 is 13.2. The van der Waals surface area contributed by atoms with Crippen molar-refractivity contribution in [2.75, 3.05) is 13.1 Å². The second-order valence-electron chi connectivity index (χ2n) is 4.00. The fourth-order valence-electron chi connectivity index (χ4n) is 1.69. The van der Waals surface area contributed by atoms with Gasteiger partial charge in [0.2, 0.25) is 0 Å². The van der Waals surface area contributed by atoms with Gasteiger partial charge >= 0.3 is 5.97 Å². The molecule has 1 aliphatic rings. The maximum absolute atomic E-state index is 13.2. The van der Waals surface area contributed by atoms with E-state index in [2.05, 4.69) is 0 Å². The van der Waals surface area contributed by atoms with E-state index in [1.807, 2.05) is 0 Å². The molecule has 0 spiro atoms. The van der Waals surface area contributed by atoms with Crippen molar-refractivity contribution in [1.29, 1.82) is 0 Å². The zero-order chi connectivity index (χ0) is 12.3. The predicted octanol–water partition coefficient (Wildman–Crippen LogP) is 1.16. The number of aliphatic hydroxyl groups excluding tert-OH is 1. The van der Waals surface area contributed by atoms with Gasteiger partial charge in [-0.05, 0) is 18.6 Å². The van der Waals surface area contributed by atoms with Crippen LogP contribution >= 0.6 is 0 Å². The van der Waals surface area contributed by atoms with Crippen LogP contribution in [-0.2, 0) is 4.84 Å². The number of hydrogen-bond donors (Lipinski definition) is 1. The van der Waals surface area contributed by atoms with Gasteiger partial charge in [-0.1, -0.05) is 18.2 Å². The molecule has 0 saturated carbocycles. The lowest BCUT2D eigenvalue weighted by Crippen LogP contribution is -2.45. The molecule has 0 aliphatic carbocycles. The number of carbonyl (C=O) groups excluding carboxylic acids is 1. The fourth-order valence-corrected chi connectivity index (χ4v) is 1.69. The Balaban J connectivity index is 1.92. The van der Waals surface area contributed by atoms with Gasteiger partial charge in [-0.2, -0.15) is 0 Å². The van der Waals surface area contributed by atoms with Gasteiger partial charge in [0.15, 0.2) is 0 Å². The van der Waals surface area contributed by atoms with Crippen molar-refractivity contribution in [2.24, 2.45) is 0 Å². The Hall–Kier alpha value is -1.46. The zero-order valence-corrected chi connectivity index (χ0v) is 9.25. The number of hydrogen-bond acceptors (Lipinski definition) is 4. The standard InChI is InChI=1S/C12H14FNO3/c13-10-8-14(7-6-11(10)15)17-12(16)9-4-2-1-3-5-9/h1-5,10-11,15H,6-8H2/t10-,11-/m0/s1. The minimum atomic E-state index is -1.37. The molecule has 1 heterocycles. The molecule has 1 aromatic rings. The highest BCUT2D eigenvalue weighted by Crippen LogP contribution is 2.15. The van der Waals surface area contributed by atoms with Crippen LogP contribution in [0.3, 0.4) is 0 Å². The Morgan fingerprint density at radius 3 is 2.76 bits per heavy atom. The highest BCUT2D eigenvalue weighted by molar-refractivity contribution is 5.89. The van der Waals surface area contributed by atoms with Crippen molar-refractivity contribution in [3.05, 3.63) is 35.9 Å². The Kier molecular flexibility index (Phi) is 3.71. The molecule has 0 aromatic heterocycles. The lowest BCUT2D eigenvalue weighted by Gasteiger charge is -2.30. The highest BCUT2D eigenvalue weighted by atomic mass is 19.1. The van der Waals surface area contributed by atoms with E-state index < -0.39 is 18.2 Å². The third kappa shape index (κ3) is 3.01. The van der Waals surface area contributed by atoms with Crippen LogP contribution in [0.25, 0.3) is 0 Å². The second kappa shape index (κ2) is 5.25. The van der Waals surface area contributed by atoms with Crippen LogP contribution in [0.1, 0.15) is 16.8 Å². The molecule has 2 atom stereocenters. The number of rotatable bonds is 2. The second-order valence-corrected chi connectivity index (χ2v) is 4.00. The van der Waals surface area contributed by atoms with Crippen LogP contribution in [0.2, 0.25) is 0 Å². The van der Waals surface area contributed by atoms with E-state index >= 15 is 0 Å². The first-order valence-corrected chi connectivity index (χ1v) is 5.51. The van der Waals surface area contributed by atoms with Gasteiger partial charge in [0.1, 0.15) is 6.17 Å². The van der Waals surface area contributed by atoms with Gasteiger partial charge in [0.25, 0.3) is 0 Å². The largest absolute Gasteiger partial charge is 0.390 e. The van der Waals surface area contributed by atoms with Gasteiger partial charge in [0, 0.05) is 6.54 Å². The minimum absolute atomic E-state index is 0.0836. The summed E-state index contributed by atoms with van der Waals surface area (Å²) in [4.78, 5) is 16.7. The molecule has 4 nitrogen and oxygen atoms in total. The van der Waals surface area contributed by atoms with E-state index in [0.717, 1.165) is 0 Å². The van der Waals surface area contributed by atoms with Crippen LogP contribution in [0.5, 0.6) is 0 Å². The summed E-state index contributed by atoms with van der Waals surface area (Å²) in [5, 5.41) is 10.5. The quantitative estimate of drug-likeness (QED) is 0.841. The molecule has 1 N–H and O–H groups in total. The van der Waals surface area contributed by atoms with Crippen molar-refractivity contribution in [3.8, 4) is 0 Å². The molecule has 1 saturated heterocycles. The molecule has 0 radical (unpaired) electrons. The zero-order valence-electron chi connectivity index (χ0n) is 9.25. The van der Waals surface area contributed by atoms with Crippen LogP contribution in [0.4, 0.5) is 4.39 Å². The number of alkyl halides is 1. The van der Waals surface area contributed by atoms with Gasteiger partial charge in [0.05, 0.1) is 18.2 Å². The van der Waals surface area contributed by atoms with E-state index in [1.165, 1.54) is 5.06 Å². The Morgan fingerprint density at radius 1 is 1.41 bits per heavy atom. The van der Waals surface area contributed by atoms with E-state index in [9.17, 15) is 14.3 Å². The summed E-state index contributed by atoms with van der Waals surface area (Å²) >= 11 is 0. The number of halogens is 1. The number of aliphatic hydroxyl groups is 1. The van der Waals surface area contributed by atoms with Crippen molar-refractivity contribution >= 4 is 5.97 Å². The van der Waals surface area contributed by atoms with E-state index in [0.29, 0.717) is 12.1 Å². The Bertz CT molecular complexity index is 385. The third-order valence-electron chi connectivity index (χ3n) is 2.69. The maximum atomic E-state index is 13.2. The Labute approximate surface area is 98.6 Å². The number of piperidine rings is 1. The summed E-state index contributed by atoms with van der Waals surface area (Å²) in [6.45, 7) is 0.264. The first kappa shape index (κ1) is 12.0. The molecule has 0 unspecified atom stereocenters. The lowest BCUT2D eigenvalue weighted by molar-refractivity contribution is -0.153. The van der Waals surface area contributed by atoms with Gasteiger partial charge in [-0.15, -0.1) is 5.06 Å². The number of hydroxylamine groups is 2. The van der Waals surface area contributed by atoms with Crippen LogP contribution in [-0.4, -0.2) is 41.5 Å². The number of carbonyl (C=O) groups is 1. The summed E-state index contributed by atoms with van der Waals surface area (Å²) in [7, 11) is 0. The first-order chi connectivity index (χ1) is 8.16. The molecule has 1 aliphatic heterocycles. The monoisotopic (exact) mass is 239 g/mol. The third-order valence-corrected chi connectivity index (χ3v) is 2.69. The van der Waals surface area contributed by atoms with E-state index in [-0.39, 0.29) is 13.0 Å². The summed E-state index contributed by atoms with van der Waals surface area (Å²) in [5.74, 6) is -0.505. The molecule has 5 heteroatoms. The maximum Gasteiger partial charge on any atom is 0.357 e. The normalized spacial score (nSPS) is 25.5. The molecule has 0 bridgehead atoms. The fraction of sp³-hybridized carbons (Fsp3) is 0.417. The minimum Gasteiger partial charge on any atom is -0.390 e. The molecule has 17 heavy (non-hydrogen) atoms. The molecular weight excluding hydrogens is 225 g/mol. The van der Waals surface area contributed by atoms with E-state index in [4.69, 9.17) is 4.84 Å².